The van der Waals surface area contributed by atoms with Gasteiger partial charge in [0.2, 0.25) is 11.8 Å². The number of nitrogens with zero attached hydrogens (tertiary/aromatic N) is 1. The van der Waals surface area contributed by atoms with Gasteiger partial charge in [-0.15, -0.1) is 0 Å². The normalized spacial score (nSPS) is 18.6. The summed E-state index contributed by atoms with van der Waals surface area (Å²) in [6.07, 6.45) is 5.57. The van der Waals surface area contributed by atoms with Crippen LogP contribution in [0.5, 0.6) is 0 Å². The van der Waals surface area contributed by atoms with Gasteiger partial charge in [0.05, 0.1) is 17.2 Å². The van der Waals surface area contributed by atoms with Crippen molar-refractivity contribution < 1.29 is 19.1 Å². The number of likely N-dealkylation sites (tertiary alicyclic amines) is 1. The van der Waals surface area contributed by atoms with Gasteiger partial charge < -0.3 is 20.3 Å². The Bertz CT molecular complexity index is 774. The van der Waals surface area contributed by atoms with Gasteiger partial charge in [0.15, 0.2) is 0 Å². The first-order valence-electron chi connectivity index (χ1n) is 11.1. The number of hydrogen-bond donors (Lipinski definition) is 2. The number of halogens is 1. The molecule has 0 bridgehead atoms. The minimum Gasteiger partial charge on any atom is -0.383 e. The maximum absolute atomic E-state index is 12.9. The Labute approximate surface area is 188 Å². The number of rotatable bonds is 8. The molecule has 0 unspecified atom stereocenters. The first-order valence-corrected chi connectivity index (χ1v) is 11.5. The van der Waals surface area contributed by atoms with Gasteiger partial charge in [0, 0.05) is 32.7 Å². The van der Waals surface area contributed by atoms with Gasteiger partial charge in [0.25, 0.3) is 5.91 Å². The van der Waals surface area contributed by atoms with E-state index in [4.69, 9.17) is 16.3 Å². The highest BCUT2D eigenvalue weighted by molar-refractivity contribution is 6.33. The standard InChI is InChI=1S/C23H32ClN3O4/c1-31-15-12-25-22(29)20(26-21(28)18-8-4-5-9-19(18)24)16-10-13-27(14-11-16)23(30)17-6-2-3-7-17/h4-5,8-9,16-17,20H,2-3,6-7,10-15H2,1H3,(H,25,29)(H,26,28)/t20-/m1/s1. The Morgan fingerprint density at radius 3 is 2.45 bits per heavy atom. The number of carbonyl (C=O) groups is 3. The van der Waals surface area contributed by atoms with Gasteiger partial charge in [0.1, 0.15) is 6.04 Å². The zero-order chi connectivity index (χ0) is 22.2. The predicted octanol–water partition coefficient (Wildman–Crippen LogP) is 2.63. The van der Waals surface area contributed by atoms with Crippen molar-refractivity contribution in [3.63, 3.8) is 0 Å². The maximum atomic E-state index is 12.9. The van der Waals surface area contributed by atoms with Crippen LogP contribution in [0.3, 0.4) is 0 Å². The fourth-order valence-electron chi connectivity index (χ4n) is 4.53. The van der Waals surface area contributed by atoms with Gasteiger partial charge >= 0.3 is 0 Å². The minimum absolute atomic E-state index is 0.0541. The molecule has 8 heteroatoms. The van der Waals surface area contributed by atoms with E-state index in [0.29, 0.717) is 49.7 Å². The number of amides is 3. The van der Waals surface area contributed by atoms with E-state index in [9.17, 15) is 14.4 Å². The lowest BCUT2D eigenvalue weighted by atomic mass is 9.87. The number of methoxy groups -OCH3 is 1. The summed E-state index contributed by atoms with van der Waals surface area (Å²) in [7, 11) is 1.57. The summed E-state index contributed by atoms with van der Waals surface area (Å²) in [5.41, 5.74) is 0.340. The molecule has 1 saturated carbocycles. The molecule has 0 radical (unpaired) electrons. The minimum atomic E-state index is -0.690. The molecule has 1 aromatic rings. The van der Waals surface area contributed by atoms with Crippen molar-refractivity contribution in [2.75, 3.05) is 33.4 Å². The second-order valence-electron chi connectivity index (χ2n) is 8.36. The molecule has 31 heavy (non-hydrogen) atoms. The largest absolute Gasteiger partial charge is 0.383 e. The first-order chi connectivity index (χ1) is 15.0. The highest BCUT2D eigenvalue weighted by Gasteiger charge is 2.36. The van der Waals surface area contributed by atoms with E-state index in [2.05, 4.69) is 10.6 Å². The molecule has 1 aliphatic heterocycles. The number of piperidine rings is 1. The van der Waals surface area contributed by atoms with Crippen LogP contribution < -0.4 is 10.6 Å². The van der Waals surface area contributed by atoms with Crippen molar-refractivity contribution in [3.05, 3.63) is 34.9 Å². The third-order valence-electron chi connectivity index (χ3n) is 6.32. The molecule has 0 aromatic heterocycles. The summed E-state index contributed by atoms with van der Waals surface area (Å²) in [5.74, 6) is -0.261. The number of hydrogen-bond acceptors (Lipinski definition) is 4. The van der Waals surface area contributed by atoms with Crippen LogP contribution in [0.4, 0.5) is 0 Å². The lowest BCUT2D eigenvalue weighted by molar-refractivity contribution is -0.137. The van der Waals surface area contributed by atoms with Crippen molar-refractivity contribution in [2.24, 2.45) is 11.8 Å². The first kappa shape index (κ1) is 23.5. The van der Waals surface area contributed by atoms with E-state index in [1.165, 1.54) is 0 Å². The summed E-state index contributed by atoms with van der Waals surface area (Å²) in [5, 5.41) is 6.07. The summed E-state index contributed by atoms with van der Waals surface area (Å²) < 4.78 is 5.01. The molecule has 1 saturated heterocycles. The van der Waals surface area contributed by atoms with Crippen LogP contribution in [0.15, 0.2) is 24.3 Å². The van der Waals surface area contributed by atoms with E-state index < -0.39 is 6.04 Å². The Kier molecular flexibility index (Phi) is 8.72. The van der Waals surface area contributed by atoms with Gasteiger partial charge in [-0.25, -0.2) is 0 Å². The number of carbonyl (C=O) groups excluding carboxylic acids is 3. The summed E-state index contributed by atoms with van der Waals surface area (Å²) >= 11 is 6.16. The van der Waals surface area contributed by atoms with E-state index in [0.717, 1.165) is 25.7 Å². The average molecular weight is 450 g/mol. The van der Waals surface area contributed by atoms with Gasteiger partial charge in [-0.2, -0.15) is 0 Å². The molecule has 1 aliphatic carbocycles. The average Bonchev–Trinajstić information content (AvgIpc) is 3.32. The third kappa shape index (κ3) is 6.20. The third-order valence-corrected chi connectivity index (χ3v) is 6.65. The second kappa shape index (κ2) is 11.5. The molecule has 170 valence electrons. The number of nitrogens with one attached hydrogen (secondary N) is 2. The van der Waals surface area contributed by atoms with Crippen molar-refractivity contribution in [3.8, 4) is 0 Å². The molecule has 3 rings (SSSR count). The van der Waals surface area contributed by atoms with Crippen molar-refractivity contribution in [1.29, 1.82) is 0 Å². The van der Waals surface area contributed by atoms with Crippen molar-refractivity contribution >= 4 is 29.3 Å². The lowest BCUT2D eigenvalue weighted by Crippen LogP contribution is -2.54. The van der Waals surface area contributed by atoms with Gasteiger partial charge in [-0.3, -0.25) is 14.4 Å². The number of benzene rings is 1. The van der Waals surface area contributed by atoms with Crippen molar-refractivity contribution in [1.82, 2.24) is 15.5 Å². The fraction of sp³-hybridized carbons (Fsp3) is 0.609. The zero-order valence-corrected chi connectivity index (χ0v) is 18.8. The van der Waals surface area contributed by atoms with Gasteiger partial charge in [-0.05, 0) is 43.7 Å². The highest BCUT2D eigenvalue weighted by atomic mass is 35.5. The molecule has 1 aromatic carbocycles. The smallest absolute Gasteiger partial charge is 0.253 e. The molecular weight excluding hydrogens is 418 g/mol. The summed E-state index contributed by atoms with van der Waals surface area (Å²) in [6.45, 7) is 1.99. The van der Waals surface area contributed by atoms with Crippen LogP contribution in [0.2, 0.25) is 5.02 Å². The lowest BCUT2D eigenvalue weighted by Gasteiger charge is -2.36. The summed E-state index contributed by atoms with van der Waals surface area (Å²) in [4.78, 5) is 40.4. The molecule has 1 atom stereocenters. The Morgan fingerprint density at radius 1 is 1.13 bits per heavy atom. The second-order valence-corrected chi connectivity index (χ2v) is 8.77. The van der Waals surface area contributed by atoms with E-state index in [-0.39, 0.29) is 29.6 Å². The van der Waals surface area contributed by atoms with E-state index in [1.54, 1.807) is 31.4 Å². The highest BCUT2D eigenvalue weighted by Crippen LogP contribution is 2.29. The monoisotopic (exact) mass is 449 g/mol. The van der Waals surface area contributed by atoms with Crippen molar-refractivity contribution in [2.45, 2.75) is 44.6 Å². The topological polar surface area (TPSA) is 87.7 Å². The molecule has 2 fully saturated rings. The SMILES string of the molecule is COCCNC(=O)[C@H](NC(=O)c1ccccc1Cl)C1CCN(C(=O)C2CCCC2)CC1. The fourth-order valence-corrected chi connectivity index (χ4v) is 4.75. The Hall–Kier alpha value is -2.12. The number of ether oxygens (including phenoxy) is 1. The van der Waals surface area contributed by atoms with E-state index in [1.807, 2.05) is 4.90 Å². The molecule has 2 N–H and O–H groups in total. The Morgan fingerprint density at radius 2 is 1.81 bits per heavy atom. The van der Waals surface area contributed by atoms with Crippen LogP contribution in [0.1, 0.15) is 48.9 Å². The van der Waals surface area contributed by atoms with Crippen LogP contribution in [-0.4, -0.2) is 62.0 Å². The molecule has 1 heterocycles. The quantitative estimate of drug-likeness (QED) is 0.597. The molecule has 2 aliphatic rings. The zero-order valence-electron chi connectivity index (χ0n) is 18.1. The van der Waals surface area contributed by atoms with Crippen LogP contribution >= 0.6 is 11.6 Å². The maximum Gasteiger partial charge on any atom is 0.253 e. The molecule has 0 spiro atoms. The predicted molar refractivity (Wildman–Crippen MR) is 119 cm³/mol. The molecule has 3 amide bonds. The van der Waals surface area contributed by atoms with Crippen LogP contribution in [0.25, 0.3) is 0 Å². The van der Waals surface area contributed by atoms with Crippen LogP contribution in [-0.2, 0) is 14.3 Å². The van der Waals surface area contributed by atoms with Crippen LogP contribution in [0, 0.1) is 11.8 Å². The van der Waals surface area contributed by atoms with Gasteiger partial charge in [-0.1, -0.05) is 36.6 Å². The molecule has 7 nitrogen and oxygen atoms in total. The summed E-state index contributed by atoms with van der Waals surface area (Å²) in [6, 6.07) is 6.09. The molecular formula is C23H32ClN3O4. The Balaban J connectivity index is 1.65. The van der Waals surface area contributed by atoms with E-state index >= 15 is 0 Å².